The SMILES string of the molecule is Cc1c(C(=O)NC2CCNC2)cnn1-c1cccc(Cl)c1. The number of rotatable bonds is 3. The largest absolute Gasteiger partial charge is 0.348 e. The molecule has 1 unspecified atom stereocenters. The first-order chi connectivity index (χ1) is 10.1. The summed E-state index contributed by atoms with van der Waals surface area (Å²) >= 11 is 6.00. The van der Waals surface area contributed by atoms with Crippen molar-refractivity contribution in [3.8, 4) is 5.69 Å². The van der Waals surface area contributed by atoms with Crippen molar-refractivity contribution in [2.45, 2.75) is 19.4 Å². The molecule has 1 aromatic carbocycles. The number of carbonyl (C=O) groups is 1. The molecule has 1 amide bonds. The zero-order valence-corrected chi connectivity index (χ0v) is 12.5. The Bertz CT molecular complexity index is 661. The lowest BCUT2D eigenvalue weighted by atomic mass is 10.2. The first-order valence-corrected chi connectivity index (χ1v) is 7.35. The number of amides is 1. The van der Waals surface area contributed by atoms with Crippen molar-refractivity contribution >= 4 is 17.5 Å². The highest BCUT2D eigenvalue weighted by atomic mass is 35.5. The van der Waals surface area contributed by atoms with E-state index in [1.54, 1.807) is 10.9 Å². The normalized spacial score (nSPS) is 17.9. The van der Waals surface area contributed by atoms with Gasteiger partial charge in [0.15, 0.2) is 0 Å². The van der Waals surface area contributed by atoms with Crippen LogP contribution < -0.4 is 10.6 Å². The molecule has 0 bridgehead atoms. The van der Waals surface area contributed by atoms with E-state index < -0.39 is 0 Å². The minimum atomic E-state index is -0.0746. The highest BCUT2D eigenvalue weighted by Gasteiger charge is 2.20. The topological polar surface area (TPSA) is 59.0 Å². The van der Waals surface area contributed by atoms with Gasteiger partial charge < -0.3 is 10.6 Å². The molecule has 0 radical (unpaired) electrons. The maximum Gasteiger partial charge on any atom is 0.255 e. The Balaban J connectivity index is 1.83. The van der Waals surface area contributed by atoms with Gasteiger partial charge in [0.1, 0.15) is 0 Å². The summed E-state index contributed by atoms with van der Waals surface area (Å²) in [5, 5.41) is 11.2. The Labute approximate surface area is 128 Å². The molecule has 5 nitrogen and oxygen atoms in total. The van der Waals surface area contributed by atoms with Gasteiger partial charge in [0, 0.05) is 17.6 Å². The summed E-state index contributed by atoms with van der Waals surface area (Å²) in [6, 6.07) is 7.61. The molecular formula is C15H17ClN4O. The molecule has 2 aromatic rings. The molecule has 21 heavy (non-hydrogen) atoms. The quantitative estimate of drug-likeness (QED) is 0.911. The first kappa shape index (κ1) is 14.1. The number of hydrogen-bond acceptors (Lipinski definition) is 3. The van der Waals surface area contributed by atoms with Crippen LogP contribution in [0.25, 0.3) is 5.69 Å². The highest BCUT2D eigenvalue weighted by molar-refractivity contribution is 6.30. The molecule has 1 aliphatic heterocycles. The monoisotopic (exact) mass is 304 g/mol. The molecule has 2 heterocycles. The molecule has 0 spiro atoms. The van der Waals surface area contributed by atoms with Gasteiger partial charge in [0.05, 0.1) is 23.1 Å². The lowest BCUT2D eigenvalue weighted by Crippen LogP contribution is -2.36. The van der Waals surface area contributed by atoms with Crippen molar-refractivity contribution in [1.82, 2.24) is 20.4 Å². The van der Waals surface area contributed by atoms with Crippen LogP contribution in [-0.2, 0) is 0 Å². The van der Waals surface area contributed by atoms with Gasteiger partial charge in [-0.3, -0.25) is 4.79 Å². The Kier molecular flexibility index (Phi) is 3.94. The minimum absolute atomic E-state index is 0.0746. The van der Waals surface area contributed by atoms with Gasteiger partial charge in [-0.15, -0.1) is 0 Å². The third-order valence-electron chi connectivity index (χ3n) is 3.70. The van der Waals surface area contributed by atoms with Gasteiger partial charge >= 0.3 is 0 Å². The average Bonchev–Trinajstić information content (AvgIpc) is 3.08. The molecule has 1 fully saturated rings. The maximum absolute atomic E-state index is 12.3. The van der Waals surface area contributed by atoms with Crippen molar-refractivity contribution in [2.75, 3.05) is 13.1 Å². The number of benzene rings is 1. The predicted octanol–water partition coefficient (Wildman–Crippen LogP) is 1.93. The third-order valence-corrected chi connectivity index (χ3v) is 3.94. The minimum Gasteiger partial charge on any atom is -0.348 e. The van der Waals surface area contributed by atoms with Crippen LogP contribution in [0.5, 0.6) is 0 Å². The fourth-order valence-corrected chi connectivity index (χ4v) is 2.73. The first-order valence-electron chi connectivity index (χ1n) is 6.97. The lowest BCUT2D eigenvalue weighted by molar-refractivity contribution is 0.0939. The van der Waals surface area contributed by atoms with E-state index in [9.17, 15) is 4.79 Å². The Morgan fingerprint density at radius 1 is 1.52 bits per heavy atom. The van der Waals surface area contributed by atoms with Gasteiger partial charge in [-0.1, -0.05) is 17.7 Å². The third kappa shape index (κ3) is 2.94. The van der Waals surface area contributed by atoms with E-state index in [1.807, 2.05) is 31.2 Å². The highest BCUT2D eigenvalue weighted by Crippen LogP contribution is 2.18. The van der Waals surface area contributed by atoms with Gasteiger partial charge in [-0.05, 0) is 38.1 Å². The van der Waals surface area contributed by atoms with Crippen LogP contribution in [0.3, 0.4) is 0 Å². The summed E-state index contributed by atoms with van der Waals surface area (Å²) in [5.74, 6) is -0.0746. The van der Waals surface area contributed by atoms with E-state index >= 15 is 0 Å². The molecule has 1 aromatic heterocycles. The van der Waals surface area contributed by atoms with Crippen molar-refractivity contribution < 1.29 is 4.79 Å². The molecule has 0 aliphatic carbocycles. The second-order valence-electron chi connectivity index (χ2n) is 5.20. The zero-order valence-electron chi connectivity index (χ0n) is 11.8. The zero-order chi connectivity index (χ0) is 14.8. The molecule has 1 atom stereocenters. The number of halogens is 1. The standard InChI is InChI=1S/C15H17ClN4O/c1-10-14(15(21)19-12-5-6-17-8-12)9-18-20(10)13-4-2-3-11(16)7-13/h2-4,7,9,12,17H,5-6,8H2,1H3,(H,19,21). The molecule has 110 valence electrons. The van der Waals surface area contributed by atoms with E-state index in [-0.39, 0.29) is 11.9 Å². The second-order valence-corrected chi connectivity index (χ2v) is 5.63. The summed E-state index contributed by atoms with van der Waals surface area (Å²) in [6.45, 7) is 3.66. The molecular weight excluding hydrogens is 288 g/mol. The van der Waals surface area contributed by atoms with Gasteiger partial charge in [-0.2, -0.15) is 5.10 Å². The van der Waals surface area contributed by atoms with E-state index in [0.717, 1.165) is 30.9 Å². The van der Waals surface area contributed by atoms with E-state index in [1.165, 1.54) is 0 Å². The van der Waals surface area contributed by atoms with Crippen LogP contribution in [0.1, 0.15) is 22.5 Å². The molecule has 1 saturated heterocycles. The maximum atomic E-state index is 12.3. The van der Waals surface area contributed by atoms with Crippen molar-refractivity contribution in [1.29, 1.82) is 0 Å². The van der Waals surface area contributed by atoms with E-state index in [0.29, 0.717) is 10.6 Å². The Hall–Kier alpha value is -1.85. The molecule has 6 heteroatoms. The van der Waals surface area contributed by atoms with E-state index in [4.69, 9.17) is 11.6 Å². The van der Waals surface area contributed by atoms with Crippen LogP contribution in [0.4, 0.5) is 0 Å². The average molecular weight is 305 g/mol. The van der Waals surface area contributed by atoms with Crippen LogP contribution in [-0.4, -0.2) is 34.8 Å². The number of aromatic nitrogens is 2. The number of carbonyl (C=O) groups excluding carboxylic acids is 1. The predicted molar refractivity (Wildman–Crippen MR) is 82.1 cm³/mol. The van der Waals surface area contributed by atoms with Crippen LogP contribution in [0, 0.1) is 6.92 Å². The number of hydrogen-bond donors (Lipinski definition) is 2. The van der Waals surface area contributed by atoms with Crippen molar-refractivity contribution in [2.24, 2.45) is 0 Å². The summed E-state index contributed by atoms with van der Waals surface area (Å²) < 4.78 is 1.73. The summed E-state index contributed by atoms with van der Waals surface area (Å²) in [5.41, 5.74) is 2.25. The van der Waals surface area contributed by atoms with Gasteiger partial charge in [0.2, 0.25) is 0 Å². The van der Waals surface area contributed by atoms with Gasteiger partial charge in [0.25, 0.3) is 5.91 Å². The van der Waals surface area contributed by atoms with Crippen LogP contribution >= 0.6 is 11.6 Å². The van der Waals surface area contributed by atoms with Gasteiger partial charge in [-0.25, -0.2) is 4.68 Å². The molecule has 2 N–H and O–H groups in total. The smallest absolute Gasteiger partial charge is 0.255 e. The van der Waals surface area contributed by atoms with E-state index in [2.05, 4.69) is 15.7 Å². The van der Waals surface area contributed by atoms with Crippen LogP contribution in [0.15, 0.2) is 30.5 Å². The fourth-order valence-electron chi connectivity index (χ4n) is 2.54. The Morgan fingerprint density at radius 3 is 3.10 bits per heavy atom. The summed E-state index contributed by atoms with van der Waals surface area (Å²) in [4.78, 5) is 12.3. The fraction of sp³-hybridized carbons (Fsp3) is 0.333. The lowest BCUT2D eigenvalue weighted by Gasteiger charge is -2.11. The van der Waals surface area contributed by atoms with Crippen LogP contribution in [0.2, 0.25) is 5.02 Å². The summed E-state index contributed by atoms with van der Waals surface area (Å²) in [7, 11) is 0. The number of nitrogens with zero attached hydrogens (tertiary/aromatic N) is 2. The van der Waals surface area contributed by atoms with Crippen molar-refractivity contribution in [3.63, 3.8) is 0 Å². The molecule has 3 rings (SSSR count). The second kappa shape index (κ2) is 5.87. The molecule has 0 saturated carbocycles. The number of nitrogens with one attached hydrogen (secondary N) is 2. The van der Waals surface area contributed by atoms with Crippen molar-refractivity contribution in [3.05, 3.63) is 46.7 Å². The Morgan fingerprint density at radius 2 is 2.38 bits per heavy atom. The summed E-state index contributed by atoms with van der Waals surface area (Å²) in [6.07, 6.45) is 2.57. The molecule has 1 aliphatic rings.